The Hall–Kier alpha value is -3.36. The molecule has 2 aromatic heterocycles. The lowest BCUT2D eigenvalue weighted by atomic mass is 10.0. The molecule has 1 saturated heterocycles. The van der Waals surface area contributed by atoms with E-state index in [1.165, 1.54) is 26.4 Å². The van der Waals surface area contributed by atoms with E-state index in [0.29, 0.717) is 12.5 Å². The van der Waals surface area contributed by atoms with Crippen molar-refractivity contribution in [2.45, 2.75) is 52.7 Å². The molecule has 1 saturated carbocycles. The smallest absolute Gasteiger partial charge is 0.313 e. The lowest BCUT2D eigenvalue weighted by molar-refractivity contribution is -0.154. The highest BCUT2D eigenvalue weighted by Crippen LogP contribution is 2.55. The first kappa shape index (κ1) is 28.7. The number of carbonyl (C=O) groups is 1. The van der Waals surface area contributed by atoms with Gasteiger partial charge in [-0.05, 0) is 92.2 Å². The van der Waals surface area contributed by atoms with Crippen LogP contribution in [0.25, 0.3) is 21.0 Å². The first-order chi connectivity index (χ1) is 20.5. The summed E-state index contributed by atoms with van der Waals surface area (Å²) in [4.78, 5) is 30.5. The molecule has 4 aromatic rings. The van der Waals surface area contributed by atoms with Gasteiger partial charge in [0.25, 0.3) is 5.56 Å². The molecule has 1 aliphatic heterocycles. The molecule has 42 heavy (non-hydrogen) atoms. The Morgan fingerprint density at radius 3 is 2.71 bits per heavy atom. The van der Waals surface area contributed by atoms with Gasteiger partial charge in [0.05, 0.1) is 17.5 Å². The molecule has 0 radical (unpaired) electrons. The fourth-order valence-corrected chi connectivity index (χ4v) is 7.15. The topological polar surface area (TPSA) is 64.0 Å². The predicted octanol–water partition coefficient (Wildman–Crippen LogP) is 6.52. The van der Waals surface area contributed by atoms with Gasteiger partial charge in [0, 0.05) is 54.1 Å². The summed E-state index contributed by atoms with van der Waals surface area (Å²) in [6.45, 7) is 9.97. The summed E-state index contributed by atoms with van der Waals surface area (Å²) in [5.41, 5.74) is 1.48. The molecule has 2 aromatic carbocycles. The Morgan fingerprint density at radius 2 is 1.88 bits per heavy atom. The number of fused-ring (bicyclic) bond motifs is 2. The van der Waals surface area contributed by atoms with E-state index in [9.17, 15) is 9.59 Å². The van der Waals surface area contributed by atoms with Crippen LogP contribution in [0.4, 0.5) is 5.69 Å². The lowest BCUT2D eigenvalue weighted by Crippen LogP contribution is -2.46. The van der Waals surface area contributed by atoms with Crippen molar-refractivity contribution < 1.29 is 14.3 Å². The van der Waals surface area contributed by atoms with Crippen LogP contribution in [-0.4, -0.2) is 54.8 Å². The first-order valence-electron chi connectivity index (χ1n) is 15.3. The Labute approximate surface area is 251 Å². The number of aromatic nitrogens is 1. The molecular weight excluding hydrogens is 546 g/mol. The summed E-state index contributed by atoms with van der Waals surface area (Å²) in [5, 5.41) is 4.46. The lowest BCUT2D eigenvalue weighted by Gasteiger charge is -2.36. The number of thiophene rings is 1. The Balaban J connectivity index is 0.972. The third kappa shape index (κ3) is 6.06. The van der Waals surface area contributed by atoms with E-state index < -0.39 is 5.41 Å². The number of rotatable bonds is 12. The Morgan fingerprint density at radius 1 is 1.05 bits per heavy atom. The van der Waals surface area contributed by atoms with Crippen LogP contribution in [0.5, 0.6) is 5.75 Å². The van der Waals surface area contributed by atoms with Crippen LogP contribution in [0.1, 0.15) is 46.0 Å². The Kier molecular flexibility index (Phi) is 8.54. The predicted molar refractivity (Wildman–Crippen MR) is 171 cm³/mol. The minimum atomic E-state index is -0.412. The van der Waals surface area contributed by atoms with Crippen LogP contribution in [0, 0.1) is 11.3 Å². The molecule has 1 aliphatic carbocycles. The molecule has 222 valence electrons. The summed E-state index contributed by atoms with van der Waals surface area (Å²) in [6.07, 6.45) is 4.99. The molecule has 6 rings (SSSR count). The summed E-state index contributed by atoms with van der Waals surface area (Å²) in [5.74, 6) is 0.899. The minimum absolute atomic E-state index is 0.0808. The Bertz CT molecular complexity index is 1610. The van der Waals surface area contributed by atoms with Gasteiger partial charge in [-0.1, -0.05) is 19.4 Å². The second-order valence-corrected chi connectivity index (χ2v) is 12.9. The second-order valence-electron chi connectivity index (χ2n) is 12.0. The van der Waals surface area contributed by atoms with Crippen molar-refractivity contribution in [3.8, 4) is 5.75 Å². The van der Waals surface area contributed by atoms with Crippen LogP contribution in [-0.2, 0) is 16.3 Å². The van der Waals surface area contributed by atoms with E-state index >= 15 is 0 Å². The number of anilines is 1. The molecule has 2 unspecified atom stereocenters. The maximum atomic E-state index is 12.8. The standard InChI is InChI=1S/C34H41N3O4S/c1-3-7-26-23-34(26,2)33(39)41-24-37-30-22-27(12-10-25(30)11-13-32(37)38)40-20-5-4-15-35-16-18-36(19-17-35)29-8-6-9-31-28(29)14-21-42-31/h6,8-14,21-22,26H,3-5,7,15-20,23-24H2,1-2H3. The molecule has 0 amide bonds. The number of piperazine rings is 1. The van der Waals surface area contributed by atoms with Gasteiger partial charge in [-0.3, -0.25) is 19.1 Å². The number of unbranched alkanes of at least 4 members (excludes halogenated alkanes) is 1. The summed E-state index contributed by atoms with van der Waals surface area (Å²) in [7, 11) is 0. The van der Waals surface area contributed by atoms with Gasteiger partial charge in [-0.15, -0.1) is 11.3 Å². The van der Waals surface area contributed by atoms with E-state index in [1.54, 1.807) is 6.07 Å². The van der Waals surface area contributed by atoms with Crippen LogP contribution >= 0.6 is 11.3 Å². The quantitative estimate of drug-likeness (QED) is 0.139. The molecule has 0 N–H and O–H groups in total. The van der Waals surface area contributed by atoms with E-state index in [0.717, 1.165) is 81.5 Å². The highest BCUT2D eigenvalue weighted by molar-refractivity contribution is 7.17. The van der Waals surface area contributed by atoms with Gasteiger partial charge < -0.3 is 14.4 Å². The maximum Gasteiger partial charge on any atom is 0.313 e. The van der Waals surface area contributed by atoms with Crippen LogP contribution < -0.4 is 15.2 Å². The van der Waals surface area contributed by atoms with E-state index in [2.05, 4.69) is 46.4 Å². The highest BCUT2D eigenvalue weighted by Gasteiger charge is 2.56. The average molecular weight is 588 g/mol. The third-order valence-electron chi connectivity index (χ3n) is 9.13. The van der Waals surface area contributed by atoms with Crippen molar-refractivity contribution in [2.24, 2.45) is 11.3 Å². The fraction of sp³-hybridized carbons (Fsp3) is 0.471. The SMILES string of the molecule is CCCC1CC1(C)C(=O)OCn1c(=O)ccc2ccc(OCCCCN3CCN(c4cccc5sccc45)CC3)cc21. The van der Waals surface area contributed by atoms with Crippen LogP contribution in [0.15, 0.2) is 64.8 Å². The molecule has 8 heteroatoms. The number of carbonyl (C=O) groups excluding carboxylic acids is 1. The minimum Gasteiger partial charge on any atom is -0.494 e. The summed E-state index contributed by atoms with van der Waals surface area (Å²) in [6, 6.07) is 18.0. The summed E-state index contributed by atoms with van der Waals surface area (Å²) >= 11 is 1.81. The van der Waals surface area contributed by atoms with Crippen LogP contribution in [0.3, 0.4) is 0 Å². The molecule has 0 spiro atoms. The van der Waals surface area contributed by atoms with Crippen molar-refractivity contribution in [2.75, 3.05) is 44.2 Å². The molecular formula is C34H41N3O4S. The maximum absolute atomic E-state index is 12.8. The van der Waals surface area contributed by atoms with Gasteiger partial charge in [0.1, 0.15) is 5.75 Å². The van der Waals surface area contributed by atoms with Gasteiger partial charge in [-0.2, -0.15) is 0 Å². The number of pyridine rings is 1. The van der Waals surface area contributed by atoms with Crippen molar-refractivity contribution in [1.29, 1.82) is 0 Å². The van der Waals surface area contributed by atoms with E-state index in [1.807, 2.05) is 36.5 Å². The molecule has 2 atom stereocenters. The number of esters is 1. The van der Waals surface area contributed by atoms with Crippen molar-refractivity contribution in [3.05, 3.63) is 70.3 Å². The van der Waals surface area contributed by atoms with E-state index in [4.69, 9.17) is 9.47 Å². The highest BCUT2D eigenvalue weighted by atomic mass is 32.1. The van der Waals surface area contributed by atoms with Crippen molar-refractivity contribution in [3.63, 3.8) is 0 Å². The molecule has 2 fully saturated rings. The van der Waals surface area contributed by atoms with Gasteiger partial charge in [0.2, 0.25) is 0 Å². The van der Waals surface area contributed by atoms with Gasteiger partial charge >= 0.3 is 5.97 Å². The first-order valence-corrected chi connectivity index (χ1v) is 16.2. The zero-order chi connectivity index (χ0) is 29.1. The largest absolute Gasteiger partial charge is 0.494 e. The zero-order valence-corrected chi connectivity index (χ0v) is 25.5. The number of nitrogens with zero attached hydrogens (tertiary/aromatic N) is 3. The number of hydrogen-bond donors (Lipinski definition) is 0. The molecule has 7 nitrogen and oxygen atoms in total. The van der Waals surface area contributed by atoms with Crippen LogP contribution in [0.2, 0.25) is 0 Å². The van der Waals surface area contributed by atoms with Gasteiger partial charge in [-0.25, -0.2) is 0 Å². The number of ether oxygens (including phenoxy) is 2. The fourth-order valence-electron chi connectivity index (χ4n) is 6.34. The number of hydrogen-bond acceptors (Lipinski definition) is 7. The third-order valence-corrected chi connectivity index (χ3v) is 10.0. The van der Waals surface area contributed by atoms with Gasteiger partial charge in [0.15, 0.2) is 6.73 Å². The second kappa shape index (κ2) is 12.5. The summed E-state index contributed by atoms with van der Waals surface area (Å²) < 4.78 is 14.6. The van der Waals surface area contributed by atoms with E-state index in [-0.39, 0.29) is 18.3 Å². The molecule has 0 bridgehead atoms. The van der Waals surface area contributed by atoms with Crippen molar-refractivity contribution >= 4 is 44.0 Å². The average Bonchev–Trinajstić information content (AvgIpc) is 3.42. The monoisotopic (exact) mass is 587 g/mol. The normalized spacial score (nSPS) is 20.7. The molecule has 2 aliphatic rings. The molecule has 3 heterocycles. The zero-order valence-electron chi connectivity index (χ0n) is 24.7. The number of benzene rings is 2. The van der Waals surface area contributed by atoms with Crippen molar-refractivity contribution in [1.82, 2.24) is 9.47 Å².